The van der Waals surface area contributed by atoms with Crippen LogP contribution in [0.1, 0.15) is 56.0 Å². The minimum atomic E-state index is -2.04. The zero-order valence-electron chi connectivity index (χ0n) is 27.3. The summed E-state index contributed by atoms with van der Waals surface area (Å²) in [6.45, 7) is 11.9. The first-order valence-electron chi connectivity index (χ1n) is 15.1. The fourth-order valence-electron chi connectivity index (χ4n) is 4.59. The van der Waals surface area contributed by atoms with Gasteiger partial charge in [0.15, 0.2) is 27.1 Å². The van der Waals surface area contributed by atoms with Crippen molar-refractivity contribution in [3.8, 4) is 22.9 Å². The van der Waals surface area contributed by atoms with Crippen molar-refractivity contribution in [1.29, 1.82) is 0 Å². The summed E-state index contributed by atoms with van der Waals surface area (Å²) >= 11 is 0. The Morgan fingerprint density at radius 1 is 1.18 bits per heavy atom. The normalized spacial score (nSPS) is 15.7. The fourth-order valence-corrected chi connectivity index (χ4v) is 5.62. The molecular weight excluding hydrogens is 599 g/mol. The molecule has 4 rings (SSSR count). The van der Waals surface area contributed by atoms with Crippen molar-refractivity contribution in [2.75, 3.05) is 40.8 Å². The van der Waals surface area contributed by atoms with Crippen LogP contribution < -0.4 is 15.3 Å². The molecule has 1 amide bonds. The lowest BCUT2D eigenvalue weighted by molar-refractivity contribution is -0.168. The molecule has 1 saturated heterocycles. The third-order valence-electron chi connectivity index (χ3n) is 8.21. The van der Waals surface area contributed by atoms with Gasteiger partial charge in [-0.25, -0.2) is 20.2 Å². The molecule has 246 valence electrons. The van der Waals surface area contributed by atoms with Gasteiger partial charge in [-0.05, 0) is 67.2 Å². The summed E-state index contributed by atoms with van der Waals surface area (Å²) in [5.74, 6) is 5.04. The van der Waals surface area contributed by atoms with E-state index < -0.39 is 20.0 Å². The summed E-state index contributed by atoms with van der Waals surface area (Å²) in [4.78, 5) is 22.6. The Bertz CT molecular complexity index is 1480. The van der Waals surface area contributed by atoms with Gasteiger partial charge in [-0.3, -0.25) is 9.80 Å². The maximum absolute atomic E-state index is 16.1. The van der Waals surface area contributed by atoms with Crippen LogP contribution in [0.2, 0.25) is 18.1 Å². The van der Waals surface area contributed by atoms with Crippen LogP contribution in [-0.4, -0.2) is 76.3 Å². The quantitative estimate of drug-likeness (QED) is 0.0801. The number of fused-ring (bicyclic) bond motifs is 1. The van der Waals surface area contributed by atoms with Crippen molar-refractivity contribution in [1.82, 2.24) is 15.0 Å². The Labute approximate surface area is 265 Å². The van der Waals surface area contributed by atoms with E-state index in [0.29, 0.717) is 23.4 Å². The summed E-state index contributed by atoms with van der Waals surface area (Å²) in [6.07, 6.45) is 2.64. The van der Waals surface area contributed by atoms with Crippen molar-refractivity contribution in [3.05, 3.63) is 47.3 Å². The van der Waals surface area contributed by atoms with E-state index in [4.69, 9.17) is 38.9 Å². The number of hydrogen-bond acceptors (Lipinski definition) is 10. The monoisotopic (exact) mass is 644 g/mol. The number of carbonyl (C=O) groups excluding carboxylic acids is 1. The molecule has 11 nitrogen and oxygen atoms in total. The number of rotatable bonds is 13. The van der Waals surface area contributed by atoms with Crippen molar-refractivity contribution in [2.45, 2.75) is 71.1 Å². The number of hydrogen-bond donors (Lipinski definition) is 1. The molecule has 1 aromatic heterocycles. The molecule has 13 heteroatoms. The van der Waals surface area contributed by atoms with E-state index in [1.807, 2.05) is 6.07 Å². The summed E-state index contributed by atoms with van der Waals surface area (Å²) in [7, 11) is 0.890. The Kier molecular flexibility index (Phi) is 11.5. The van der Waals surface area contributed by atoms with E-state index in [9.17, 15) is 4.79 Å². The summed E-state index contributed by atoms with van der Waals surface area (Å²) in [5.41, 5.74) is 1.52. The highest BCUT2D eigenvalue weighted by molar-refractivity contribution is 6.74. The van der Waals surface area contributed by atoms with Gasteiger partial charge in [-0.15, -0.1) is 0 Å². The van der Waals surface area contributed by atoms with Gasteiger partial charge in [-0.1, -0.05) is 26.8 Å². The van der Waals surface area contributed by atoms with Crippen LogP contribution in [0.3, 0.4) is 0 Å². The van der Waals surface area contributed by atoms with Crippen molar-refractivity contribution in [2.24, 2.45) is 5.84 Å². The summed E-state index contributed by atoms with van der Waals surface area (Å²) < 4.78 is 50.4. The van der Waals surface area contributed by atoms with Gasteiger partial charge in [-0.2, -0.15) is 0 Å². The van der Waals surface area contributed by atoms with Crippen LogP contribution in [0.5, 0.6) is 11.6 Å². The molecule has 2 aromatic carbocycles. The molecule has 0 saturated carbocycles. The molecule has 2 heterocycles. The molecule has 1 aliphatic rings. The minimum Gasteiger partial charge on any atom is -0.479 e. The molecule has 45 heavy (non-hydrogen) atoms. The second kappa shape index (κ2) is 14.9. The number of aromatic nitrogens is 2. The minimum absolute atomic E-state index is 0.00450. The van der Waals surface area contributed by atoms with Gasteiger partial charge in [0.25, 0.3) is 5.91 Å². The molecular formula is C32H45FN4O7Si. The van der Waals surface area contributed by atoms with Crippen LogP contribution in [-0.2, 0) is 25.2 Å². The summed E-state index contributed by atoms with van der Waals surface area (Å²) in [6, 6.07) is 8.04. The van der Waals surface area contributed by atoms with Crippen LogP contribution in [0.4, 0.5) is 4.39 Å². The molecule has 0 radical (unpaired) electrons. The topological polar surface area (TPSA) is 127 Å². The summed E-state index contributed by atoms with van der Waals surface area (Å²) in [5, 5.41) is 0.974. The van der Waals surface area contributed by atoms with Gasteiger partial charge >= 0.3 is 0 Å². The molecule has 0 spiro atoms. The highest BCUT2D eigenvalue weighted by Gasteiger charge is 2.37. The van der Waals surface area contributed by atoms with Gasteiger partial charge in [0, 0.05) is 19.3 Å². The molecule has 2 N–H and O–H groups in total. The third-order valence-corrected chi connectivity index (χ3v) is 12.7. The molecule has 3 aromatic rings. The predicted octanol–water partition coefficient (Wildman–Crippen LogP) is 5.81. The number of hydrazine groups is 1. The van der Waals surface area contributed by atoms with Gasteiger partial charge < -0.3 is 28.1 Å². The van der Waals surface area contributed by atoms with Crippen molar-refractivity contribution in [3.63, 3.8) is 0 Å². The first-order valence-corrected chi connectivity index (χ1v) is 18.0. The van der Waals surface area contributed by atoms with E-state index in [1.165, 1.54) is 26.4 Å². The van der Waals surface area contributed by atoms with Crippen LogP contribution >= 0.6 is 0 Å². The van der Waals surface area contributed by atoms with E-state index in [2.05, 4.69) is 38.8 Å². The van der Waals surface area contributed by atoms with Gasteiger partial charge in [0.1, 0.15) is 17.0 Å². The average molecular weight is 645 g/mol. The SMILES string of the molecule is COCOc1cc(COC2CCCCO2)cc2nc(OC)c(-c3cccc(C(=O)N(N)CCO[Si](C)(C)C(C)(C)C)c3F)nc12. The van der Waals surface area contributed by atoms with Crippen LogP contribution in [0.15, 0.2) is 30.3 Å². The molecule has 1 fully saturated rings. The third kappa shape index (κ3) is 8.34. The highest BCUT2D eigenvalue weighted by Crippen LogP contribution is 2.37. The number of nitrogens with zero attached hydrogens (tertiary/aromatic N) is 3. The standard InChI is InChI=1S/C32H45FN4O7Si/c1-32(2,3)45(6,7)44-16-14-37(34)31(38)23-12-10-11-22(27(23)33)28-30(40-5)35-24-17-21(19-42-26-13-8-9-15-41-26)18-25(29(24)36-28)43-20-39-4/h10-12,17-18,26H,8-9,13-16,19-20,34H2,1-7H3. The van der Waals surface area contributed by atoms with Crippen LogP contribution in [0.25, 0.3) is 22.3 Å². The lowest BCUT2D eigenvalue weighted by Gasteiger charge is -2.36. The Morgan fingerprint density at radius 3 is 2.62 bits per heavy atom. The molecule has 1 atom stereocenters. The van der Waals surface area contributed by atoms with Gasteiger partial charge in [0.05, 0.1) is 37.9 Å². The maximum atomic E-state index is 16.1. The Balaban J connectivity index is 1.63. The first kappa shape index (κ1) is 34.7. The Morgan fingerprint density at radius 2 is 1.96 bits per heavy atom. The van der Waals surface area contributed by atoms with Crippen LogP contribution in [0, 0.1) is 5.82 Å². The fraction of sp³-hybridized carbons (Fsp3) is 0.531. The molecule has 1 unspecified atom stereocenters. The molecule has 0 aliphatic carbocycles. The number of halogens is 1. The van der Waals surface area contributed by atoms with E-state index in [1.54, 1.807) is 12.1 Å². The van der Waals surface area contributed by atoms with Crippen molar-refractivity contribution >= 4 is 25.3 Å². The number of carbonyl (C=O) groups is 1. The Hall–Kier alpha value is -3.20. The number of methoxy groups -OCH3 is 2. The predicted molar refractivity (Wildman–Crippen MR) is 171 cm³/mol. The number of amides is 1. The molecule has 1 aliphatic heterocycles. The first-order chi connectivity index (χ1) is 21.4. The largest absolute Gasteiger partial charge is 0.479 e. The highest BCUT2D eigenvalue weighted by atomic mass is 28.4. The van der Waals surface area contributed by atoms with Crippen molar-refractivity contribution < 1.29 is 37.3 Å². The lowest BCUT2D eigenvalue weighted by atomic mass is 10.1. The van der Waals surface area contributed by atoms with E-state index in [-0.39, 0.29) is 60.6 Å². The molecule has 0 bridgehead atoms. The smallest absolute Gasteiger partial charge is 0.270 e. The number of nitrogens with two attached hydrogens (primary N) is 1. The van der Waals surface area contributed by atoms with E-state index in [0.717, 1.165) is 29.8 Å². The number of ether oxygens (including phenoxy) is 5. The lowest BCUT2D eigenvalue weighted by Crippen LogP contribution is -2.45. The van der Waals surface area contributed by atoms with E-state index >= 15 is 4.39 Å². The van der Waals surface area contributed by atoms with Gasteiger partial charge in [0.2, 0.25) is 5.88 Å². The maximum Gasteiger partial charge on any atom is 0.270 e. The zero-order chi connectivity index (χ0) is 32.8. The second-order valence-corrected chi connectivity index (χ2v) is 17.3. The number of benzene rings is 2. The second-order valence-electron chi connectivity index (χ2n) is 12.5. The average Bonchev–Trinajstić information content (AvgIpc) is 3.01. The zero-order valence-corrected chi connectivity index (χ0v) is 28.3.